The molecule has 2 N–H and O–H groups in total. The van der Waals surface area contributed by atoms with Crippen LogP contribution < -0.4 is 10.6 Å². The molecule has 2 aromatic rings. The number of nitrogens with zero attached hydrogens (tertiary/aromatic N) is 1. The highest BCUT2D eigenvalue weighted by Crippen LogP contribution is 2.29. The zero-order chi connectivity index (χ0) is 20.3. The molecule has 0 aliphatic carbocycles. The number of rotatable bonds is 5. The third-order valence-electron chi connectivity index (χ3n) is 3.96. The summed E-state index contributed by atoms with van der Waals surface area (Å²) >= 11 is 7.15. The third-order valence-corrected chi connectivity index (χ3v) is 7.26. The van der Waals surface area contributed by atoms with Crippen molar-refractivity contribution in [3.63, 3.8) is 0 Å². The maximum atomic E-state index is 12.9. The van der Waals surface area contributed by atoms with Gasteiger partial charge in [-0.25, -0.2) is 8.42 Å². The van der Waals surface area contributed by atoms with Crippen LogP contribution in [0.4, 0.5) is 11.4 Å². The minimum atomic E-state index is -3.79. The average molecular weight is 444 g/mol. The SMILES string of the molecule is CC(=O)Nc1ccc(NC(=O)c2sccc2S(=O)(=O)N2CCOCC2)cc1Cl. The number of carbonyl (C=O) groups excluding carboxylic acids is 2. The summed E-state index contributed by atoms with van der Waals surface area (Å²) in [5.74, 6) is -0.819. The number of morpholine rings is 1. The number of ether oxygens (including phenoxy) is 1. The summed E-state index contributed by atoms with van der Waals surface area (Å²) in [7, 11) is -3.79. The van der Waals surface area contributed by atoms with Gasteiger partial charge in [0.15, 0.2) is 0 Å². The van der Waals surface area contributed by atoms with E-state index in [1.807, 2.05) is 0 Å². The molecule has 1 aromatic carbocycles. The normalized spacial score (nSPS) is 15.2. The van der Waals surface area contributed by atoms with Crippen LogP contribution in [0.15, 0.2) is 34.5 Å². The fraction of sp³-hybridized carbons (Fsp3) is 0.294. The molecule has 3 rings (SSSR count). The second-order valence-corrected chi connectivity index (χ2v) is 9.19. The number of hydrogen-bond acceptors (Lipinski definition) is 6. The Labute approximate surface area is 171 Å². The van der Waals surface area contributed by atoms with Crippen molar-refractivity contribution in [2.24, 2.45) is 0 Å². The molecule has 0 spiro atoms. The molecule has 0 unspecified atom stereocenters. The fourth-order valence-electron chi connectivity index (χ4n) is 2.66. The Balaban J connectivity index is 1.80. The first-order chi connectivity index (χ1) is 13.3. The number of nitrogens with one attached hydrogen (secondary N) is 2. The molecule has 11 heteroatoms. The molecule has 0 radical (unpaired) electrons. The summed E-state index contributed by atoms with van der Waals surface area (Å²) in [6, 6.07) is 6.03. The first-order valence-corrected chi connectivity index (χ1v) is 11.0. The van der Waals surface area contributed by atoms with Crippen molar-refractivity contribution >= 4 is 56.2 Å². The molecule has 150 valence electrons. The van der Waals surface area contributed by atoms with Crippen molar-refractivity contribution in [3.8, 4) is 0 Å². The predicted molar refractivity (Wildman–Crippen MR) is 108 cm³/mol. The third kappa shape index (κ3) is 4.53. The number of amides is 2. The van der Waals surface area contributed by atoms with Crippen molar-refractivity contribution in [1.29, 1.82) is 0 Å². The van der Waals surface area contributed by atoms with Gasteiger partial charge in [0.2, 0.25) is 15.9 Å². The van der Waals surface area contributed by atoms with E-state index in [0.29, 0.717) is 24.6 Å². The molecule has 1 saturated heterocycles. The fourth-order valence-corrected chi connectivity index (χ4v) is 5.60. The van der Waals surface area contributed by atoms with Crippen LogP contribution in [0.5, 0.6) is 0 Å². The van der Waals surface area contributed by atoms with Crippen molar-refractivity contribution in [3.05, 3.63) is 39.5 Å². The van der Waals surface area contributed by atoms with Gasteiger partial charge in [-0.15, -0.1) is 11.3 Å². The number of sulfonamides is 1. The van der Waals surface area contributed by atoms with Gasteiger partial charge in [-0.3, -0.25) is 9.59 Å². The second kappa shape index (κ2) is 8.58. The number of benzene rings is 1. The number of anilines is 2. The van der Waals surface area contributed by atoms with E-state index in [9.17, 15) is 18.0 Å². The van der Waals surface area contributed by atoms with Gasteiger partial charge in [-0.05, 0) is 29.6 Å². The van der Waals surface area contributed by atoms with E-state index in [2.05, 4.69) is 10.6 Å². The minimum absolute atomic E-state index is 0.0298. The first-order valence-electron chi connectivity index (χ1n) is 8.33. The molecule has 0 saturated carbocycles. The topological polar surface area (TPSA) is 105 Å². The highest BCUT2D eigenvalue weighted by molar-refractivity contribution is 7.89. The van der Waals surface area contributed by atoms with Crippen LogP contribution in [0.25, 0.3) is 0 Å². The van der Waals surface area contributed by atoms with Crippen LogP contribution in [-0.2, 0) is 19.6 Å². The largest absolute Gasteiger partial charge is 0.379 e. The summed E-state index contributed by atoms with van der Waals surface area (Å²) in [4.78, 5) is 23.9. The summed E-state index contributed by atoms with van der Waals surface area (Å²) in [6.07, 6.45) is 0. The second-order valence-electron chi connectivity index (χ2n) is 5.96. The van der Waals surface area contributed by atoms with E-state index >= 15 is 0 Å². The van der Waals surface area contributed by atoms with E-state index in [0.717, 1.165) is 11.3 Å². The maximum absolute atomic E-state index is 12.9. The lowest BCUT2D eigenvalue weighted by Crippen LogP contribution is -2.41. The van der Waals surface area contributed by atoms with Gasteiger partial charge in [0, 0.05) is 25.7 Å². The molecule has 8 nitrogen and oxygen atoms in total. The number of hydrogen-bond donors (Lipinski definition) is 2. The standard InChI is InChI=1S/C17H18ClN3O5S2/c1-11(22)19-14-3-2-12(10-13(14)18)20-17(23)16-15(4-9-27-16)28(24,25)21-5-7-26-8-6-21/h2-4,9-10H,5-8H2,1H3,(H,19,22)(H,20,23). The zero-order valence-corrected chi connectivity index (χ0v) is 17.3. The van der Waals surface area contributed by atoms with Gasteiger partial charge >= 0.3 is 0 Å². The molecule has 1 aliphatic heterocycles. The Morgan fingerprint density at radius 3 is 2.54 bits per heavy atom. The van der Waals surface area contributed by atoms with Crippen LogP contribution in [0.1, 0.15) is 16.6 Å². The van der Waals surface area contributed by atoms with Gasteiger partial charge in [-0.1, -0.05) is 11.6 Å². The molecule has 1 aliphatic rings. The molecule has 1 fully saturated rings. The van der Waals surface area contributed by atoms with Crippen LogP contribution in [-0.4, -0.2) is 50.8 Å². The Kier molecular flexibility index (Phi) is 6.36. The Morgan fingerprint density at radius 1 is 1.18 bits per heavy atom. The zero-order valence-electron chi connectivity index (χ0n) is 14.9. The van der Waals surface area contributed by atoms with Crippen LogP contribution in [0, 0.1) is 0 Å². The number of thiophene rings is 1. The predicted octanol–water partition coefficient (Wildman–Crippen LogP) is 2.63. The van der Waals surface area contributed by atoms with Gasteiger partial charge < -0.3 is 15.4 Å². The van der Waals surface area contributed by atoms with Crippen molar-refractivity contribution in [2.75, 3.05) is 36.9 Å². The Morgan fingerprint density at radius 2 is 1.89 bits per heavy atom. The van der Waals surface area contributed by atoms with Gasteiger partial charge in [-0.2, -0.15) is 4.31 Å². The Hall–Kier alpha value is -1.98. The van der Waals surface area contributed by atoms with Crippen molar-refractivity contribution < 1.29 is 22.7 Å². The molecule has 0 bridgehead atoms. The lowest BCUT2D eigenvalue weighted by molar-refractivity contribution is -0.114. The molecule has 0 atom stereocenters. The lowest BCUT2D eigenvalue weighted by atomic mass is 10.2. The number of halogens is 1. The van der Waals surface area contributed by atoms with E-state index in [4.69, 9.17) is 16.3 Å². The van der Waals surface area contributed by atoms with Gasteiger partial charge in [0.1, 0.15) is 9.77 Å². The molecule has 2 amide bonds. The van der Waals surface area contributed by atoms with Crippen molar-refractivity contribution in [1.82, 2.24) is 4.31 Å². The summed E-state index contributed by atoms with van der Waals surface area (Å²) < 4.78 is 32.2. The minimum Gasteiger partial charge on any atom is -0.379 e. The van der Waals surface area contributed by atoms with Crippen LogP contribution in [0.2, 0.25) is 5.02 Å². The first kappa shape index (κ1) is 20.7. The van der Waals surface area contributed by atoms with E-state index < -0.39 is 15.9 Å². The van der Waals surface area contributed by atoms with E-state index in [1.54, 1.807) is 17.5 Å². The quantitative estimate of drug-likeness (QED) is 0.739. The molecule has 28 heavy (non-hydrogen) atoms. The van der Waals surface area contributed by atoms with E-state index in [-0.39, 0.29) is 33.8 Å². The molecule has 2 heterocycles. The molecular weight excluding hydrogens is 426 g/mol. The van der Waals surface area contributed by atoms with Gasteiger partial charge in [0.25, 0.3) is 5.91 Å². The maximum Gasteiger partial charge on any atom is 0.267 e. The highest BCUT2D eigenvalue weighted by Gasteiger charge is 2.31. The Bertz CT molecular complexity index is 1000. The number of carbonyl (C=O) groups is 2. The lowest BCUT2D eigenvalue weighted by Gasteiger charge is -2.26. The van der Waals surface area contributed by atoms with Crippen molar-refractivity contribution in [2.45, 2.75) is 11.8 Å². The summed E-state index contributed by atoms with van der Waals surface area (Å²) in [6.45, 7) is 2.51. The monoisotopic (exact) mass is 443 g/mol. The summed E-state index contributed by atoms with van der Waals surface area (Å²) in [5, 5.41) is 7.03. The highest BCUT2D eigenvalue weighted by atomic mass is 35.5. The van der Waals surface area contributed by atoms with Crippen LogP contribution >= 0.6 is 22.9 Å². The van der Waals surface area contributed by atoms with E-state index in [1.165, 1.54) is 23.4 Å². The van der Waals surface area contributed by atoms with Crippen LogP contribution in [0.3, 0.4) is 0 Å². The smallest absolute Gasteiger partial charge is 0.267 e. The molecule has 1 aromatic heterocycles. The van der Waals surface area contributed by atoms with Gasteiger partial charge in [0.05, 0.1) is 23.9 Å². The average Bonchev–Trinajstić information content (AvgIpc) is 3.15. The molecular formula is C17H18ClN3O5S2. The summed E-state index contributed by atoms with van der Waals surface area (Å²) in [5.41, 5.74) is 0.797.